The lowest BCUT2D eigenvalue weighted by Gasteiger charge is -2.09. The number of hydrogen-bond acceptors (Lipinski definition) is 3. The molecule has 1 aromatic heterocycles. The van der Waals surface area contributed by atoms with Gasteiger partial charge in [-0.25, -0.2) is 0 Å². The maximum atomic E-state index is 10.6. The van der Waals surface area contributed by atoms with Gasteiger partial charge in [0, 0.05) is 4.88 Å². The molecule has 0 unspecified atom stereocenters. The van der Waals surface area contributed by atoms with Gasteiger partial charge in [-0.3, -0.25) is 4.79 Å². The molecule has 0 saturated carbocycles. The normalized spacial score (nSPS) is 10.5. The Morgan fingerprint density at radius 2 is 1.82 bits per heavy atom. The molecule has 0 aliphatic rings. The van der Waals surface area contributed by atoms with Crippen molar-refractivity contribution in [3.63, 3.8) is 0 Å². The summed E-state index contributed by atoms with van der Waals surface area (Å²) < 4.78 is 5.58. The molecular formula is C14H14O2S. The Morgan fingerprint density at radius 3 is 2.35 bits per heavy atom. The van der Waals surface area contributed by atoms with E-state index in [1.165, 1.54) is 11.3 Å². The second kappa shape index (κ2) is 5.15. The number of benzene rings is 1. The van der Waals surface area contributed by atoms with Gasteiger partial charge in [-0.15, -0.1) is 11.3 Å². The molecule has 0 amide bonds. The number of carbonyl (C=O) groups is 1. The van der Waals surface area contributed by atoms with Gasteiger partial charge in [0.15, 0.2) is 6.29 Å². The highest BCUT2D eigenvalue weighted by Crippen LogP contribution is 2.28. The SMILES string of the molecule is CC(C)Oc1ccc(-c2ccc(C=O)s2)cc1. The van der Waals surface area contributed by atoms with Crippen LogP contribution in [0, 0.1) is 0 Å². The van der Waals surface area contributed by atoms with E-state index in [0.29, 0.717) is 0 Å². The first-order valence-corrected chi connectivity index (χ1v) is 6.33. The molecule has 0 N–H and O–H groups in total. The van der Waals surface area contributed by atoms with Crippen LogP contribution in [0.25, 0.3) is 10.4 Å². The molecule has 0 atom stereocenters. The number of rotatable bonds is 4. The second-order valence-electron chi connectivity index (χ2n) is 4.01. The van der Waals surface area contributed by atoms with Crippen molar-refractivity contribution in [3.05, 3.63) is 41.3 Å². The summed E-state index contributed by atoms with van der Waals surface area (Å²) in [6.07, 6.45) is 1.06. The number of aldehydes is 1. The van der Waals surface area contributed by atoms with Crippen molar-refractivity contribution in [2.75, 3.05) is 0 Å². The van der Waals surface area contributed by atoms with Crippen molar-refractivity contribution in [1.82, 2.24) is 0 Å². The predicted octanol–water partition coefficient (Wildman–Crippen LogP) is 4.01. The zero-order valence-electron chi connectivity index (χ0n) is 9.84. The molecule has 1 aromatic carbocycles. The zero-order chi connectivity index (χ0) is 12.3. The fourth-order valence-electron chi connectivity index (χ4n) is 1.54. The highest BCUT2D eigenvalue weighted by atomic mass is 32.1. The Balaban J connectivity index is 2.19. The first-order chi connectivity index (χ1) is 8.19. The molecule has 0 bridgehead atoms. The summed E-state index contributed by atoms with van der Waals surface area (Å²) in [7, 11) is 0. The third-order valence-corrected chi connectivity index (χ3v) is 3.31. The standard InChI is InChI=1S/C14H14O2S/c1-10(2)16-12-5-3-11(4-6-12)14-8-7-13(9-15)17-14/h3-10H,1-2H3. The molecule has 0 aliphatic heterocycles. The third-order valence-electron chi connectivity index (χ3n) is 2.25. The summed E-state index contributed by atoms with van der Waals surface area (Å²) in [4.78, 5) is 12.5. The molecular weight excluding hydrogens is 232 g/mol. The van der Waals surface area contributed by atoms with E-state index >= 15 is 0 Å². The second-order valence-corrected chi connectivity index (χ2v) is 5.13. The van der Waals surface area contributed by atoms with E-state index in [0.717, 1.165) is 27.4 Å². The van der Waals surface area contributed by atoms with Crippen LogP contribution in [-0.2, 0) is 0 Å². The zero-order valence-corrected chi connectivity index (χ0v) is 10.7. The van der Waals surface area contributed by atoms with Crippen molar-refractivity contribution in [1.29, 1.82) is 0 Å². The van der Waals surface area contributed by atoms with Crippen LogP contribution < -0.4 is 4.74 Å². The van der Waals surface area contributed by atoms with Gasteiger partial charge >= 0.3 is 0 Å². The average Bonchev–Trinajstić information content (AvgIpc) is 2.78. The fraction of sp³-hybridized carbons (Fsp3) is 0.214. The van der Waals surface area contributed by atoms with E-state index in [9.17, 15) is 4.79 Å². The first-order valence-electron chi connectivity index (χ1n) is 5.51. The van der Waals surface area contributed by atoms with Gasteiger partial charge in [0.1, 0.15) is 5.75 Å². The molecule has 0 saturated heterocycles. The van der Waals surface area contributed by atoms with E-state index in [2.05, 4.69) is 0 Å². The molecule has 88 valence electrons. The largest absolute Gasteiger partial charge is 0.491 e. The summed E-state index contributed by atoms with van der Waals surface area (Å²) in [6, 6.07) is 11.7. The average molecular weight is 246 g/mol. The molecule has 17 heavy (non-hydrogen) atoms. The maximum Gasteiger partial charge on any atom is 0.160 e. The molecule has 0 aliphatic carbocycles. The lowest BCUT2D eigenvalue weighted by Crippen LogP contribution is -2.04. The van der Waals surface area contributed by atoms with Crippen LogP contribution in [0.5, 0.6) is 5.75 Å². The van der Waals surface area contributed by atoms with Crippen molar-refractivity contribution >= 4 is 17.6 Å². The molecule has 0 radical (unpaired) electrons. The van der Waals surface area contributed by atoms with Gasteiger partial charge in [0.05, 0.1) is 11.0 Å². The van der Waals surface area contributed by atoms with Crippen LogP contribution in [0.3, 0.4) is 0 Å². The quantitative estimate of drug-likeness (QED) is 0.762. The van der Waals surface area contributed by atoms with Gasteiger partial charge in [0.25, 0.3) is 0 Å². The monoisotopic (exact) mass is 246 g/mol. The van der Waals surface area contributed by atoms with Crippen LogP contribution in [0.4, 0.5) is 0 Å². The topological polar surface area (TPSA) is 26.3 Å². The fourth-order valence-corrected chi connectivity index (χ4v) is 2.37. The minimum atomic E-state index is 0.184. The van der Waals surface area contributed by atoms with Gasteiger partial charge in [0.2, 0.25) is 0 Å². The molecule has 1 heterocycles. The number of carbonyl (C=O) groups excluding carboxylic acids is 1. The minimum absolute atomic E-state index is 0.184. The molecule has 0 spiro atoms. The van der Waals surface area contributed by atoms with E-state index in [-0.39, 0.29) is 6.10 Å². The summed E-state index contributed by atoms with van der Waals surface area (Å²) in [5, 5.41) is 0. The van der Waals surface area contributed by atoms with Crippen LogP contribution in [0.2, 0.25) is 0 Å². The Bertz CT molecular complexity index is 497. The van der Waals surface area contributed by atoms with Gasteiger partial charge in [-0.2, -0.15) is 0 Å². The van der Waals surface area contributed by atoms with Crippen LogP contribution in [0.15, 0.2) is 36.4 Å². The smallest absolute Gasteiger partial charge is 0.160 e. The Hall–Kier alpha value is -1.61. The summed E-state index contributed by atoms with van der Waals surface area (Å²) in [6.45, 7) is 4.01. The van der Waals surface area contributed by atoms with Crippen molar-refractivity contribution in [3.8, 4) is 16.2 Å². The van der Waals surface area contributed by atoms with E-state index in [4.69, 9.17) is 4.74 Å². The highest BCUT2D eigenvalue weighted by Gasteiger charge is 2.03. The molecule has 2 nitrogen and oxygen atoms in total. The molecule has 2 aromatic rings. The Morgan fingerprint density at radius 1 is 1.12 bits per heavy atom. The predicted molar refractivity (Wildman–Crippen MR) is 70.9 cm³/mol. The minimum Gasteiger partial charge on any atom is -0.491 e. The van der Waals surface area contributed by atoms with Crippen LogP contribution in [0.1, 0.15) is 23.5 Å². The van der Waals surface area contributed by atoms with Gasteiger partial charge < -0.3 is 4.74 Å². The summed E-state index contributed by atoms with van der Waals surface area (Å²) in [5.41, 5.74) is 1.11. The molecule has 0 fully saturated rings. The number of ether oxygens (including phenoxy) is 1. The first kappa shape index (κ1) is 11.9. The van der Waals surface area contributed by atoms with E-state index in [1.54, 1.807) is 0 Å². The lowest BCUT2D eigenvalue weighted by atomic mass is 10.2. The Labute approximate surface area is 105 Å². The van der Waals surface area contributed by atoms with Gasteiger partial charge in [-0.05, 0) is 55.8 Å². The van der Waals surface area contributed by atoms with E-state index < -0.39 is 0 Å². The van der Waals surface area contributed by atoms with E-state index in [1.807, 2.05) is 50.2 Å². The van der Waals surface area contributed by atoms with Crippen LogP contribution >= 0.6 is 11.3 Å². The molecule has 2 rings (SSSR count). The number of thiophene rings is 1. The number of hydrogen-bond donors (Lipinski definition) is 0. The summed E-state index contributed by atoms with van der Waals surface area (Å²) >= 11 is 1.50. The maximum absolute atomic E-state index is 10.6. The van der Waals surface area contributed by atoms with Crippen molar-refractivity contribution < 1.29 is 9.53 Å². The highest BCUT2D eigenvalue weighted by molar-refractivity contribution is 7.17. The van der Waals surface area contributed by atoms with Crippen molar-refractivity contribution in [2.24, 2.45) is 0 Å². The van der Waals surface area contributed by atoms with Gasteiger partial charge in [-0.1, -0.05) is 0 Å². The van der Waals surface area contributed by atoms with Crippen LogP contribution in [-0.4, -0.2) is 12.4 Å². The van der Waals surface area contributed by atoms with Crippen molar-refractivity contribution in [2.45, 2.75) is 20.0 Å². The summed E-state index contributed by atoms with van der Waals surface area (Å²) in [5.74, 6) is 0.871. The molecule has 3 heteroatoms. The Kier molecular flexibility index (Phi) is 3.59. The third kappa shape index (κ3) is 2.94. The lowest BCUT2D eigenvalue weighted by molar-refractivity contribution is 0.112.